The number of hydrogen-bond donors (Lipinski definition) is 2. The van der Waals surface area contributed by atoms with Gasteiger partial charge in [0.25, 0.3) is 0 Å². The van der Waals surface area contributed by atoms with Crippen LogP contribution in [0.15, 0.2) is 53.4 Å². The van der Waals surface area contributed by atoms with Gasteiger partial charge in [0.05, 0.1) is 4.90 Å². The minimum absolute atomic E-state index is 0.0268. The molecule has 0 saturated heterocycles. The van der Waals surface area contributed by atoms with Gasteiger partial charge in [-0.15, -0.1) is 0 Å². The second-order valence-corrected chi connectivity index (χ2v) is 6.00. The molecule has 0 heterocycles. The molecular weight excluding hydrogens is 279 g/mol. The molecule has 20 heavy (non-hydrogen) atoms. The number of nitrogens with two attached hydrogens (primary N) is 1. The summed E-state index contributed by atoms with van der Waals surface area (Å²) in [5.74, 6) is -0.399. The smallest absolute Gasteiger partial charge is 0.241 e. The number of halogens is 1. The van der Waals surface area contributed by atoms with Gasteiger partial charge in [-0.05, 0) is 29.3 Å². The summed E-state index contributed by atoms with van der Waals surface area (Å²) < 4.78 is 39.9. The van der Waals surface area contributed by atoms with Crippen molar-refractivity contribution in [3.8, 4) is 0 Å². The molecular formula is C14H15FN2O2S. The number of benzene rings is 2. The lowest BCUT2D eigenvalue weighted by Gasteiger charge is -2.10. The topological polar surface area (TPSA) is 72.2 Å². The summed E-state index contributed by atoms with van der Waals surface area (Å²) in [4.78, 5) is 0.152. The fourth-order valence-corrected chi connectivity index (χ4v) is 3.10. The van der Waals surface area contributed by atoms with E-state index >= 15 is 0 Å². The molecule has 0 aromatic heterocycles. The molecule has 0 aliphatic carbocycles. The standard InChI is InChI=1S/C14H15FN2O2S/c15-13-6-3-4-11(8-13)10-17-20(18,19)14-7-2-1-5-12(14)9-16/h1-8,17H,9-10,16H2. The molecule has 0 atom stereocenters. The van der Waals surface area contributed by atoms with Crippen molar-refractivity contribution in [1.82, 2.24) is 4.72 Å². The first kappa shape index (κ1) is 14.6. The van der Waals surface area contributed by atoms with Gasteiger partial charge >= 0.3 is 0 Å². The molecule has 106 valence electrons. The Morgan fingerprint density at radius 3 is 2.55 bits per heavy atom. The van der Waals surface area contributed by atoms with Crippen LogP contribution in [0.3, 0.4) is 0 Å². The molecule has 3 N–H and O–H groups in total. The first-order valence-electron chi connectivity index (χ1n) is 6.05. The fraction of sp³-hybridized carbons (Fsp3) is 0.143. The second kappa shape index (κ2) is 6.13. The Balaban J connectivity index is 2.19. The van der Waals surface area contributed by atoms with E-state index in [1.165, 1.54) is 24.3 Å². The van der Waals surface area contributed by atoms with Gasteiger partial charge in [0.1, 0.15) is 5.82 Å². The third-order valence-electron chi connectivity index (χ3n) is 2.84. The highest BCUT2D eigenvalue weighted by molar-refractivity contribution is 7.89. The lowest BCUT2D eigenvalue weighted by Crippen LogP contribution is -2.24. The number of nitrogens with one attached hydrogen (secondary N) is 1. The van der Waals surface area contributed by atoms with Crippen molar-refractivity contribution >= 4 is 10.0 Å². The molecule has 0 aliphatic heterocycles. The zero-order chi connectivity index (χ0) is 14.6. The van der Waals surface area contributed by atoms with Crippen LogP contribution < -0.4 is 10.5 Å². The Hall–Kier alpha value is -1.76. The highest BCUT2D eigenvalue weighted by atomic mass is 32.2. The zero-order valence-corrected chi connectivity index (χ0v) is 11.5. The van der Waals surface area contributed by atoms with Crippen LogP contribution >= 0.6 is 0 Å². The first-order chi connectivity index (χ1) is 9.53. The minimum Gasteiger partial charge on any atom is -0.326 e. The van der Waals surface area contributed by atoms with Crippen LogP contribution in [0.1, 0.15) is 11.1 Å². The van der Waals surface area contributed by atoms with Gasteiger partial charge in [-0.25, -0.2) is 17.5 Å². The molecule has 0 aliphatic rings. The molecule has 4 nitrogen and oxygen atoms in total. The molecule has 0 spiro atoms. The van der Waals surface area contributed by atoms with Crippen molar-refractivity contribution in [1.29, 1.82) is 0 Å². The van der Waals surface area contributed by atoms with E-state index in [1.807, 2.05) is 0 Å². The van der Waals surface area contributed by atoms with E-state index in [4.69, 9.17) is 5.73 Å². The largest absolute Gasteiger partial charge is 0.326 e. The third kappa shape index (κ3) is 3.41. The van der Waals surface area contributed by atoms with Crippen LogP contribution in [0, 0.1) is 5.82 Å². The molecule has 0 unspecified atom stereocenters. The molecule has 2 rings (SSSR count). The lowest BCUT2D eigenvalue weighted by molar-refractivity contribution is 0.579. The van der Waals surface area contributed by atoms with Crippen LogP contribution in [-0.2, 0) is 23.1 Å². The van der Waals surface area contributed by atoms with E-state index in [-0.39, 0.29) is 18.0 Å². The molecule has 2 aromatic rings. The van der Waals surface area contributed by atoms with E-state index in [0.717, 1.165) is 0 Å². The monoisotopic (exact) mass is 294 g/mol. The average Bonchev–Trinajstić information content (AvgIpc) is 2.45. The normalized spacial score (nSPS) is 11.5. The van der Waals surface area contributed by atoms with Crippen molar-refractivity contribution in [2.75, 3.05) is 0 Å². The van der Waals surface area contributed by atoms with E-state index in [1.54, 1.807) is 24.3 Å². The molecule has 0 amide bonds. The summed E-state index contributed by atoms with van der Waals surface area (Å²) in [7, 11) is -3.67. The van der Waals surface area contributed by atoms with Gasteiger partial charge in [0.2, 0.25) is 10.0 Å². The summed E-state index contributed by atoms with van der Waals surface area (Å²) in [6.45, 7) is 0.163. The van der Waals surface area contributed by atoms with Gasteiger partial charge in [0, 0.05) is 13.1 Å². The Kier molecular flexibility index (Phi) is 4.49. The van der Waals surface area contributed by atoms with Crippen molar-refractivity contribution in [3.05, 3.63) is 65.5 Å². The maximum absolute atomic E-state index is 13.0. The van der Waals surface area contributed by atoms with Gasteiger partial charge in [-0.2, -0.15) is 0 Å². The SMILES string of the molecule is NCc1ccccc1S(=O)(=O)NCc1cccc(F)c1. The molecule has 6 heteroatoms. The summed E-state index contributed by atoms with van der Waals surface area (Å²) >= 11 is 0. The Bertz CT molecular complexity index is 702. The number of sulfonamides is 1. The van der Waals surface area contributed by atoms with Crippen molar-refractivity contribution < 1.29 is 12.8 Å². The maximum atomic E-state index is 13.0. The molecule has 0 saturated carbocycles. The van der Waals surface area contributed by atoms with Crippen molar-refractivity contribution in [3.63, 3.8) is 0 Å². The first-order valence-corrected chi connectivity index (χ1v) is 7.53. The molecule has 0 radical (unpaired) electrons. The summed E-state index contributed by atoms with van der Waals surface area (Å²) in [6.07, 6.45) is 0. The second-order valence-electron chi connectivity index (χ2n) is 4.27. The van der Waals surface area contributed by atoms with Crippen molar-refractivity contribution in [2.45, 2.75) is 18.0 Å². The predicted octanol–water partition coefficient (Wildman–Crippen LogP) is 1.76. The molecule has 0 bridgehead atoms. The molecule has 2 aromatic carbocycles. The summed E-state index contributed by atoms with van der Waals surface area (Å²) in [6, 6.07) is 12.3. The minimum atomic E-state index is -3.67. The number of hydrogen-bond acceptors (Lipinski definition) is 3. The van der Waals surface area contributed by atoms with E-state index in [0.29, 0.717) is 11.1 Å². The average molecular weight is 294 g/mol. The van der Waals surface area contributed by atoms with E-state index in [9.17, 15) is 12.8 Å². The Labute approximate surface area is 117 Å². The van der Waals surface area contributed by atoms with Gasteiger partial charge < -0.3 is 5.73 Å². The fourth-order valence-electron chi connectivity index (χ4n) is 1.84. The van der Waals surface area contributed by atoms with Gasteiger partial charge in [-0.3, -0.25) is 0 Å². The van der Waals surface area contributed by atoms with Gasteiger partial charge in [-0.1, -0.05) is 30.3 Å². The quantitative estimate of drug-likeness (QED) is 0.882. The number of rotatable bonds is 5. The maximum Gasteiger partial charge on any atom is 0.241 e. The zero-order valence-electron chi connectivity index (χ0n) is 10.7. The van der Waals surface area contributed by atoms with Crippen molar-refractivity contribution in [2.24, 2.45) is 5.73 Å². The van der Waals surface area contributed by atoms with Crippen LogP contribution in [0.25, 0.3) is 0 Å². The van der Waals surface area contributed by atoms with Crippen LogP contribution in [0.5, 0.6) is 0 Å². The van der Waals surface area contributed by atoms with Crippen LogP contribution in [-0.4, -0.2) is 8.42 Å². The van der Waals surface area contributed by atoms with Gasteiger partial charge in [0.15, 0.2) is 0 Å². The highest BCUT2D eigenvalue weighted by Gasteiger charge is 2.16. The summed E-state index contributed by atoms with van der Waals surface area (Å²) in [5.41, 5.74) is 6.63. The summed E-state index contributed by atoms with van der Waals surface area (Å²) in [5, 5.41) is 0. The Morgan fingerprint density at radius 2 is 1.85 bits per heavy atom. The highest BCUT2D eigenvalue weighted by Crippen LogP contribution is 2.15. The lowest BCUT2D eigenvalue weighted by atomic mass is 10.2. The molecule has 0 fully saturated rings. The third-order valence-corrected chi connectivity index (χ3v) is 4.34. The van der Waals surface area contributed by atoms with Crippen LogP contribution in [0.2, 0.25) is 0 Å². The Morgan fingerprint density at radius 1 is 1.10 bits per heavy atom. The van der Waals surface area contributed by atoms with E-state index in [2.05, 4.69) is 4.72 Å². The van der Waals surface area contributed by atoms with E-state index < -0.39 is 15.8 Å². The van der Waals surface area contributed by atoms with Crippen LogP contribution in [0.4, 0.5) is 4.39 Å². The predicted molar refractivity (Wildman–Crippen MR) is 74.8 cm³/mol.